The maximum atomic E-state index is 12.0. The van der Waals surface area contributed by atoms with Gasteiger partial charge in [-0.05, 0) is 30.0 Å². The standard InChI is InChI=1S/C11H17F3N2O2S2/c1-2-4-15-7-9-6-10(19-8-9)20(17,18)16-5-3-11(12,13)14/h6,8,15-16H,2-5,7H2,1H3. The first-order valence-electron chi connectivity index (χ1n) is 6.09. The molecular weight excluding hydrogens is 313 g/mol. The lowest BCUT2D eigenvalue weighted by atomic mass is 10.3. The zero-order valence-electron chi connectivity index (χ0n) is 11.0. The van der Waals surface area contributed by atoms with Crippen molar-refractivity contribution in [3.63, 3.8) is 0 Å². The molecule has 116 valence electrons. The smallest absolute Gasteiger partial charge is 0.313 e. The Morgan fingerprint density at radius 1 is 1.30 bits per heavy atom. The van der Waals surface area contributed by atoms with E-state index in [-0.39, 0.29) is 4.21 Å². The van der Waals surface area contributed by atoms with E-state index in [2.05, 4.69) is 5.32 Å². The second-order valence-corrected chi connectivity index (χ2v) is 7.12. The summed E-state index contributed by atoms with van der Waals surface area (Å²) in [5, 5.41) is 4.80. The topological polar surface area (TPSA) is 58.2 Å². The van der Waals surface area contributed by atoms with E-state index in [1.807, 2.05) is 11.6 Å². The summed E-state index contributed by atoms with van der Waals surface area (Å²) in [5.74, 6) is 0. The zero-order chi connectivity index (χ0) is 15.2. The van der Waals surface area contributed by atoms with Crippen LogP contribution in [-0.4, -0.2) is 27.7 Å². The second kappa shape index (κ2) is 7.39. The first-order valence-corrected chi connectivity index (χ1v) is 8.45. The number of sulfonamides is 1. The van der Waals surface area contributed by atoms with Gasteiger partial charge in [-0.1, -0.05) is 6.92 Å². The summed E-state index contributed by atoms with van der Waals surface area (Å²) in [4.78, 5) is 0. The van der Waals surface area contributed by atoms with Crippen LogP contribution >= 0.6 is 11.3 Å². The fourth-order valence-corrected chi connectivity index (χ4v) is 3.68. The molecule has 0 fully saturated rings. The van der Waals surface area contributed by atoms with Gasteiger partial charge in [-0.3, -0.25) is 0 Å². The monoisotopic (exact) mass is 330 g/mol. The minimum atomic E-state index is -4.37. The van der Waals surface area contributed by atoms with Gasteiger partial charge in [-0.15, -0.1) is 11.3 Å². The van der Waals surface area contributed by atoms with Crippen LogP contribution in [0.15, 0.2) is 15.7 Å². The van der Waals surface area contributed by atoms with Gasteiger partial charge in [0.25, 0.3) is 0 Å². The van der Waals surface area contributed by atoms with Crippen molar-refractivity contribution in [3.05, 3.63) is 17.0 Å². The van der Waals surface area contributed by atoms with Gasteiger partial charge in [0.2, 0.25) is 10.0 Å². The van der Waals surface area contributed by atoms with Gasteiger partial charge < -0.3 is 5.32 Å². The predicted molar refractivity (Wildman–Crippen MR) is 72.2 cm³/mol. The van der Waals surface area contributed by atoms with Crippen LogP contribution in [-0.2, 0) is 16.6 Å². The van der Waals surface area contributed by atoms with Crippen molar-refractivity contribution in [1.82, 2.24) is 10.0 Å². The van der Waals surface area contributed by atoms with Crippen LogP contribution in [0.1, 0.15) is 25.3 Å². The third-order valence-corrected chi connectivity index (χ3v) is 5.30. The summed E-state index contributed by atoms with van der Waals surface area (Å²) >= 11 is 1.00. The maximum Gasteiger partial charge on any atom is 0.390 e. The highest BCUT2D eigenvalue weighted by molar-refractivity contribution is 7.91. The van der Waals surface area contributed by atoms with Crippen LogP contribution in [0.25, 0.3) is 0 Å². The van der Waals surface area contributed by atoms with Gasteiger partial charge in [-0.25, -0.2) is 13.1 Å². The summed E-state index contributed by atoms with van der Waals surface area (Å²) in [7, 11) is -3.85. The van der Waals surface area contributed by atoms with E-state index >= 15 is 0 Å². The molecule has 0 atom stereocenters. The van der Waals surface area contributed by atoms with Crippen LogP contribution in [0.2, 0.25) is 0 Å². The molecule has 0 aliphatic rings. The molecule has 0 aromatic carbocycles. The molecule has 1 aromatic rings. The molecule has 4 nitrogen and oxygen atoms in total. The lowest BCUT2D eigenvalue weighted by Crippen LogP contribution is -2.27. The highest BCUT2D eigenvalue weighted by atomic mass is 32.2. The van der Waals surface area contributed by atoms with Crippen molar-refractivity contribution in [2.24, 2.45) is 0 Å². The molecule has 1 heterocycles. The summed E-state index contributed by atoms with van der Waals surface area (Å²) < 4.78 is 61.4. The highest BCUT2D eigenvalue weighted by Crippen LogP contribution is 2.22. The van der Waals surface area contributed by atoms with E-state index in [1.54, 1.807) is 5.38 Å². The van der Waals surface area contributed by atoms with Crippen LogP contribution in [0.5, 0.6) is 0 Å². The molecule has 0 spiro atoms. The van der Waals surface area contributed by atoms with Gasteiger partial charge in [0.05, 0.1) is 6.42 Å². The van der Waals surface area contributed by atoms with Crippen LogP contribution in [0.4, 0.5) is 13.2 Å². The number of halogens is 3. The number of nitrogens with one attached hydrogen (secondary N) is 2. The average molecular weight is 330 g/mol. The molecular formula is C11H17F3N2O2S2. The summed E-state index contributed by atoms with van der Waals surface area (Å²) in [6, 6.07) is 1.48. The lowest BCUT2D eigenvalue weighted by Gasteiger charge is -2.07. The molecule has 1 rings (SSSR count). The fraction of sp³-hybridized carbons (Fsp3) is 0.636. The van der Waals surface area contributed by atoms with Gasteiger partial charge in [-0.2, -0.15) is 13.2 Å². The van der Waals surface area contributed by atoms with E-state index in [4.69, 9.17) is 0 Å². The van der Waals surface area contributed by atoms with E-state index < -0.39 is 29.2 Å². The van der Waals surface area contributed by atoms with E-state index in [0.29, 0.717) is 6.54 Å². The lowest BCUT2D eigenvalue weighted by molar-refractivity contribution is -0.132. The Balaban J connectivity index is 2.55. The molecule has 0 aliphatic carbocycles. The number of thiophene rings is 1. The first kappa shape index (κ1) is 17.4. The molecule has 20 heavy (non-hydrogen) atoms. The Morgan fingerprint density at radius 3 is 2.60 bits per heavy atom. The molecule has 0 bridgehead atoms. The van der Waals surface area contributed by atoms with E-state index in [0.717, 1.165) is 29.9 Å². The zero-order valence-corrected chi connectivity index (χ0v) is 12.6. The molecule has 9 heteroatoms. The Morgan fingerprint density at radius 2 is 2.00 bits per heavy atom. The quantitative estimate of drug-likeness (QED) is 0.720. The maximum absolute atomic E-state index is 12.0. The predicted octanol–water partition coefficient (Wildman–Crippen LogP) is 2.48. The number of hydrogen-bond acceptors (Lipinski definition) is 4. The van der Waals surface area contributed by atoms with Crippen molar-refractivity contribution in [3.8, 4) is 0 Å². The van der Waals surface area contributed by atoms with Crippen molar-refractivity contribution in [1.29, 1.82) is 0 Å². The molecule has 2 N–H and O–H groups in total. The van der Waals surface area contributed by atoms with Crippen molar-refractivity contribution >= 4 is 21.4 Å². The third-order valence-electron chi connectivity index (χ3n) is 2.35. The molecule has 0 unspecified atom stereocenters. The van der Waals surface area contributed by atoms with Gasteiger partial charge in [0.15, 0.2) is 0 Å². The fourth-order valence-electron chi connectivity index (χ4n) is 1.39. The van der Waals surface area contributed by atoms with Crippen LogP contribution in [0.3, 0.4) is 0 Å². The van der Waals surface area contributed by atoms with Gasteiger partial charge >= 0.3 is 6.18 Å². The van der Waals surface area contributed by atoms with Crippen LogP contribution in [0, 0.1) is 0 Å². The number of alkyl halides is 3. The molecule has 0 radical (unpaired) electrons. The number of rotatable bonds is 8. The molecule has 0 saturated carbocycles. The minimum absolute atomic E-state index is 0.0352. The SMILES string of the molecule is CCCNCc1csc(S(=O)(=O)NCCC(F)(F)F)c1. The Kier molecular flexibility index (Phi) is 6.44. The van der Waals surface area contributed by atoms with Gasteiger partial charge in [0.1, 0.15) is 4.21 Å². The van der Waals surface area contributed by atoms with Crippen molar-refractivity contribution in [2.45, 2.75) is 36.7 Å². The summed E-state index contributed by atoms with van der Waals surface area (Å²) in [6.45, 7) is 2.73. The Bertz CT molecular complexity index is 512. The second-order valence-electron chi connectivity index (χ2n) is 4.21. The Hall–Kier alpha value is -0.640. The molecule has 0 amide bonds. The average Bonchev–Trinajstić information content (AvgIpc) is 2.77. The minimum Gasteiger partial charge on any atom is -0.313 e. The highest BCUT2D eigenvalue weighted by Gasteiger charge is 2.27. The summed E-state index contributed by atoms with van der Waals surface area (Å²) in [5.41, 5.74) is 0.805. The van der Waals surface area contributed by atoms with Crippen molar-refractivity contribution in [2.75, 3.05) is 13.1 Å². The normalized spacial score (nSPS) is 12.8. The molecule has 0 saturated heterocycles. The molecule has 1 aromatic heterocycles. The summed E-state index contributed by atoms with van der Waals surface area (Å²) in [6.07, 6.45) is -4.58. The van der Waals surface area contributed by atoms with Gasteiger partial charge in [0, 0.05) is 13.1 Å². The molecule has 0 aliphatic heterocycles. The van der Waals surface area contributed by atoms with E-state index in [1.165, 1.54) is 6.07 Å². The Labute approximate surface area is 120 Å². The first-order chi connectivity index (χ1) is 9.24. The van der Waals surface area contributed by atoms with E-state index in [9.17, 15) is 21.6 Å². The van der Waals surface area contributed by atoms with Crippen molar-refractivity contribution < 1.29 is 21.6 Å². The van der Waals surface area contributed by atoms with Crippen LogP contribution < -0.4 is 10.0 Å². The third kappa shape index (κ3) is 6.21. The largest absolute Gasteiger partial charge is 0.390 e. The number of hydrogen-bond donors (Lipinski definition) is 2.